The van der Waals surface area contributed by atoms with E-state index < -0.39 is 23.9 Å². The maximum atomic E-state index is 13.0. The van der Waals surface area contributed by atoms with Crippen LogP contribution in [-0.4, -0.2) is 55.7 Å². The van der Waals surface area contributed by atoms with Crippen LogP contribution in [0.15, 0.2) is 91.0 Å². The SMILES string of the molecule is CCCCCCCOc1ccc(C(=O)Oc2ccc(CC(NC(=O)c3ccc(NC(=O)Cc4cccc(OC)c4)cc3)C(=O)O)cc2OC)cc1. The van der Waals surface area contributed by atoms with Gasteiger partial charge in [-0.05, 0) is 90.3 Å². The Morgan fingerprint density at radius 1 is 0.725 bits per heavy atom. The largest absolute Gasteiger partial charge is 0.497 e. The van der Waals surface area contributed by atoms with Crippen molar-refractivity contribution < 1.29 is 43.2 Å². The minimum Gasteiger partial charge on any atom is -0.497 e. The lowest BCUT2D eigenvalue weighted by atomic mass is 10.0. The van der Waals surface area contributed by atoms with Crippen LogP contribution in [0.4, 0.5) is 5.69 Å². The van der Waals surface area contributed by atoms with Crippen LogP contribution in [0.1, 0.15) is 70.9 Å². The second-order valence-electron chi connectivity index (χ2n) is 11.9. The Morgan fingerprint density at radius 2 is 1.45 bits per heavy atom. The normalized spacial score (nSPS) is 11.2. The van der Waals surface area contributed by atoms with Gasteiger partial charge in [0.1, 0.15) is 17.5 Å². The number of unbranched alkanes of at least 4 members (excludes halogenated alkanes) is 4. The molecule has 4 aromatic carbocycles. The van der Waals surface area contributed by atoms with E-state index in [4.69, 9.17) is 18.9 Å². The van der Waals surface area contributed by atoms with Crippen LogP contribution >= 0.6 is 0 Å². The fourth-order valence-corrected chi connectivity index (χ4v) is 5.22. The van der Waals surface area contributed by atoms with Crippen molar-refractivity contribution in [1.82, 2.24) is 5.32 Å². The number of carboxylic acid groups (broad SMARTS) is 1. The summed E-state index contributed by atoms with van der Waals surface area (Å²) in [6, 6.07) is 23.4. The molecular formula is C40H44N2O9. The molecule has 4 rings (SSSR count). The Labute approximate surface area is 297 Å². The Hall–Kier alpha value is -5.84. The third-order valence-corrected chi connectivity index (χ3v) is 8.01. The molecule has 0 bridgehead atoms. The lowest BCUT2D eigenvalue weighted by Gasteiger charge is -2.16. The number of carboxylic acids is 1. The topological polar surface area (TPSA) is 149 Å². The van der Waals surface area contributed by atoms with Crippen LogP contribution < -0.4 is 29.6 Å². The summed E-state index contributed by atoms with van der Waals surface area (Å²) >= 11 is 0. The first-order valence-corrected chi connectivity index (χ1v) is 16.9. The zero-order chi connectivity index (χ0) is 36.6. The maximum Gasteiger partial charge on any atom is 0.343 e. The first-order valence-electron chi connectivity index (χ1n) is 16.9. The van der Waals surface area contributed by atoms with Crippen LogP contribution in [-0.2, 0) is 22.4 Å². The molecule has 11 nitrogen and oxygen atoms in total. The molecule has 1 unspecified atom stereocenters. The first-order chi connectivity index (χ1) is 24.7. The molecule has 268 valence electrons. The third kappa shape index (κ3) is 11.9. The summed E-state index contributed by atoms with van der Waals surface area (Å²) < 4.78 is 22.0. The molecule has 0 radical (unpaired) electrons. The van der Waals surface area contributed by atoms with Crippen molar-refractivity contribution in [2.75, 3.05) is 26.1 Å². The number of methoxy groups -OCH3 is 2. The minimum atomic E-state index is -1.27. The number of hydrogen-bond acceptors (Lipinski definition) is 8. The molecule has 0 fully saturated rings. The van der Waals surface area contributed by atoms with Crippen molar-refractivity contribution in [3.8, 4) is 23.0 Å². The first kappa shape index (κ1) is 38.0. The van der Waals surface area contributed by atoms with Gasteiger partial charge < -0.3 is 34.7 Å². The number of anilines is 1. The molecule has 0 aliphatic carbocycles. The standard InChI is InChI=1S/C40H44N2O9/c1-4-5-6-7-8-22-50-32-19-15-30(16-20-32)40(47)51-35-21-12-28(25-36(35)49-3)24-34(39(45)46)42-38(44)29-13-17-31(18-14-29)41-37(43)26-27-10-9-11-33(23-27)48-2/h9-21,23,25,34H,4-8,22,24,26H2,1-3H3,(H,41,43)(H,42,44)(H,45,46). The van der Waals surface area contributed by atoms with Gasteiger partial charge in [-0.2, -0.15) is 0 Å². The van der Waals surface area contributed by atoms with Crippen molar-refractivity contribution >= 4 is 29.4 Å². The number of carbonyl (C=O) groups is 4. The van der Waals surface area contributed by atoms with Gasteiger partial charge in [0.2, 0.25) is 5.91 Å². The van der Waals surface area contributed by atoms with E-state index >= 15 is 0 Å². The van der Waals surface area contributed by atoms with Crippen LogP contribution in [0.3, 0.4) is 0 Å². The zero-order valence-corrected chi connectivity index (χ0v) is 29.1. The lowest BCUT2D eigenvalue weighted by molar-refractivity contribution is -0.139. The summed E-state index contributed by atoms with van der Waals surface area (Å²) in [4.78, 5) is 50.5. The summed E-state index contributed by atoms with van der Waals surface area (Å²) in [6.07, 6.45) is 5.77. The van der Waals surface area contributed by atoms with Crippen molar-refractivity contribution in [3.05, 3.63) is 113 Å². The monoisotopic (exact) mass is 696 g/mol. The van der Waals surface area contributed by atoms with E-state index in [1.807, 2.05) is 6.07 Å². The number of amides is 2. The summed E-state index contributed by atoms with van der Waals surface area (Å²) in [5.41, 5.74) is 2.34. The number of hydrogen-bond donors (Lipinski definition) is 3. The van der Waals surface area contributed by atoms with Gasteiger partial charge in [-0.15, -0.1) is 0 Å². The van der Waals surface area contributed by atoms with E-state index in [2.05, 4.69) is 17.6 Å². The number of nitrogens with one attached hydrogen (secondary N) is 2. The van der Waals surface area contributed by atoms with Crippen LogP contribution in [0.5, 0.6) is 23.0 Å². The second-order valence-corrected chi connectivity index (χ2v) is 11.9. The van der Waals surface area contributed by atoms with E-state index in [9.17, 15) is 24.3 Å². The van der Waals surface area contributed by atoms with Gasteiger partial charge in [0.25, 0.3) is 5.91 Å². The minimum absolute atomic E-state index is 0.0653. The van der Waals surface area contributed by atoms with E-state index in [1.54, 1.807) is 73.8 Å². The fraction of sp³-hybridized carbons (Fsp3) is 0.300. The number of esters is 1. The Bertz CT molecular complexity index is 1770. The average Bonchev–Trinajstić information content (AvgIpc) is 3.13. The molecule has 0 aliphatic rings. The molecule has 0 spiro atoms. The van der Waals surface area contributed by atoms with Crippen molar-refractivity contribution in [2.45, 2.75) is 57.9 Å². The highest BCUT2D eigenvalue weighted by atomic mass is 16.6. The van der Waals surface area contributed by atoms with Gasteiger partial charge in [-0.1, -0.05) is 50.8 Å². The Morgan fingerprint density at radius 3 is 2.14 bits per heavy atom. The molecule has 0 aromatic heterocycles. The van der Waals surface area contributed by atoms with E-state index in [-0.39, 0.29) is 35.8 Å². The molecule has 1 atom stereocenters. The summed E-state index contributed by atoms with van der Waals surface area (Å²) in [7, 11) is 2.96. The lowest BCUT2D eigenvalue weighted by Crippen LogP contribution is -2.42. The Balaban J connectivity index is 1.30. The molecule has 4 aromatic rings. The average molecular weight is 697 g/mol. The molecule has 0 saturated carbocycles. The molecule has 0 saturated heterocycles. The third-order valence-electron chi connectivity index (χ3n) is 8.01. The zero-order valence-electron chi connectivity index (χ0n) is 29.1. The van der Waals surface area contributed by atoms with Crippen molar-refractivity contribution in [3.63, 3.8) is 0 Å². The van der Waals surface area contributed by atoms with Gasteiger partial charge in [0.15, 0.2) is 11.5 Å². The van der Waals surface area contributed by atoms with Gasteiger partial charge in [0.05, 0.1) is 32.8 Å². The predicted octanol–water partition coefficient (Wildman–Crippen LogP) is 6.88. The van der Waals surface area contributed by atoms with Crippen molar-refractivity contribution in [1.29, 1.82) is 0 Å². The summed E-state index contributed by atoms with van der Waals surface area (Å²) in [5.74, 6) is -0.963. The summed E-state index contributed by atoms with van der Waals surface area (Å²) in [5, 5.41) is 15.2. The van der Waals surface area contributed by atoms with Gasteiger partial charge in [0, 0.05) is 17.7 Å². The molecule has 11 heteroatoms. The highest BCUT2D eigenvalue weighted by Crippen LogP contribution is 2.30. The van der Waals surface area contributed by atoms with Crippen molar-refractivity contribution in [2.24, 2.45) is 0 Å². The molecule has 0 aliphatic heterocycles. The second kappa shape index (κ2) is 19.4. The number of aliphatic carboxylic acids is 1. The smallest absolute Gasteiger partial charge is 0.343 e. The molecule has 2 amide bonds. The van der Waals surface area contributed by atoms with Gasteiger partial charge in [-0.25, -0.2) is 9.59 Å². The quantitative estimate of drug-likeness (QED) is 0.0542. The number of ether oxygens (including phenoxy) is 4. The summed E-state index contributed by atoms with van der Waals surface area (Å²) in [6.45, 7) is 2.79. The highest BCUT2D eigenvalue weighted by molar-refractivity contribution is 5.98. The number of benzene rings is 4. The van der Waals surface area contributed by atoms with Gasteiger partial charge >= 0.3 is 11.9 Å². The highest BCUT2D eigenvalue weighted by Gasteiger charge is 2.23. The fourth-order valence-electron chi connectivity index (χ4n) is 5.22. The number of rotatable bonds is 19. The van der Waals surface area contributed by atoms with Crippen LogP contribution in [0.2, 0.25) is 0 Å². The molecular weight excluding hydrogens is 652 g/mol. The molecule has 51 heavy (non-hydrogen) atoms. The predicted molar refractivity (Wildman–Crippen MR) is 193 cm³/mol. The van der Waals surface area contributed by atoms with E-state index in [0.29, 0.717) is 34.9 Å². The molecule has 0 heterocycles. The van der Waals surface area contributed by atoms with Crippen LogP contribution in [0, 0.1) is 0 Å². The number of carbonyl (C=O) groups excluding carboxylic acids is 3. The van der Waals surface area contributed by atoms with Gasteiger partial charge in [-0.3, -0.25) is 9.59 Å². The van der Waals surface area contributed by atoms with E-state index in [1.165, 1.54) is 44.6 Å². The van der Waals surface area contributed by atoms with Crippen LogP contribution in [0.25, 0.3) is 0 Å². The molecule has 3 N–H and O–H groups in total. The van der Waals surface area contributed by atoms with E-state index in [0.717, 1.165) is 18.4 Å². The Kier molecular flexibility index (Phi) is 14.4. The maximum absolute atomic E-state index is 13.0.